The predicted octanol–water partition coefficient (Wildman–Crippen LogP) is 4.26. The molecule has 116 valence electrons. The third-order valence-corrected chi connectivity index (χ3v) is 4.11. The van der Waals surface area contributed by atoms with E-state index in [0.29, 0.717) is 6.42 Å². The number of para-hydroxylation sites is 1. The molecule has 1 atom stereocenters. The molecule has 23 heavy (non-hydrogen) atoms. The Morgan fingerprint density at radius 3 is 2.48 bits per heavy atom. The van der Waals surface area contributed by atoms with Gasteiger partial charge in [0.05, 0.1) is 13.0 Å². The smallest absolute Gasteiger partial charge is 0.311 e. The van der Waals surface area contributed by atoms with Crippen LogP contribution in [0.4, 0.5) is 0 Å². The minimum Gasteiger partial charge on any atom is -0.496 e. The summed E-state index contributed by atoms with van der Waals surface area (Å²) in [6.45, 7) is 0. The van der Waals surface area contributed by atoms with Crippen molar-refractivity contribution >= 4 is 16.7 Å². The third-order valence-electron chi connectivity index (χ3n) is 4.11. The van der Waals surface area contributed by atoms with Crippen molar-refractivity contribution in [3.8, 4) is 5.75 Å². The molecule has 0 heterocycles. The number of aliphatic carboxylic acids is 1. The molecule has 0 radical (unpaired) electrons. The van der Waals surface area contributed by atoms with Gasteiger partial charge in [0.2, 0.25) is 0 Å². The number of carboxylic acid groups (broad SMARTS) is 1. The number of benzene rings is 3. The summed E-state index contributed by atoms with van der Waals surface area (Å²) in [5.74, 6) is -0.719. The van der Waals surface area contributed by atoms with Crippen LogP contribution in [0.2, 0.25) is 0 Å². The Morgan fingerprint density at radius 1 is 1.00 bits per heavy atom. The topological polar surface area (TPSA) is 46.5 Å². The Labute approximate surface area is 135 Å². The van der Waals surface area contributed by atoms with E-state index in [9.17, 15) is 9.90 Å². The average molecular weight is 306 g/mol. The number of hydrogen-bond donors (Lipinski definition) is 1. The summed E-state index contributed by atoms with van der Waals surface area (Å²) < 4.78 is 5.36. The number of hydrogen-bond acceptors (Lipinski definition) is 2. The fraction of sp³-hybridized carbons (Fsp3) is 0.150. The van der Waals surface area contributed by atoms with Crippen molar-refractivity contribution in [2.75, 3.05) is 7.11 Å². The number of carbonyl (C=O) groups is 1. The second-order valence-corrected chi connectivity index (χ2v) is 5.48. The standard InChI is InChI=1S/C20H18O3/c1-23-19-12-5-3-8-15(19)13-18(20(21)22)17-11-6-9-14-7-2-4-10-16(14)17/h2-12,18H,13H2,1H3,(H,21,22). The van der Waals surface area contributed by atoms with Gasteiger partial charge in [-0.1, -0.05) is 60.7 Å². The Morgan fingerprint density at radius 2 is 1.70 bits per heavy atom. The van der Waals surface area contributed by atoms with E-state index < -0.39 is 11.9 Å². The fourth-order valence-electron chi connectivity index (χ4n) is 2.98. The molecule has 3 rings (SSSR count). The molecule has 0 aromatic heterocycles. The van der Waals surface area contributed by atoms with Gasteiger partial charge in [-0.3, -0.25) is 4.79 Å². The first-order valence-electron chi connectivity index (χ1n) is 7.53. The van der Waals surface area contributed by atoms with Gasteiger partial charge in [-0.15, -0.1) is 0 Å². The third kappa shape index (κ3) is 3.04. The Hall–Kier alpha value is -2.81. The largest absolute Gasteiger partial charge is 0.496 e. The maximum atomic E-state index is 11.9. The van der Waals surface area contributed by atoms with Gasteiger partial charge in [0.25, 0.3) is 0 Å². The van der Waals surface area contributed by atoms with Crippen molar-refractivity contribution in [1.29, 1.82) is 0 Å². The van der Waals surface area contributed by atoms with Crippen molar-refractivity contribution < 1.29 is 14.6 Å². The van der Waals surface area contributed by atoms with Gasteiger partial charge in [0.15, 0.2) is 0 Å². The van der Waals surface area contributed by atoms with Crippen LogP contribution >= 0.6 is 0 Å². The average Bonchev–Trinajstić information content (AvgIpc) is 2.59. The van der Waals surface area contributed by atoms with Crippen LogP contribution in [0.5, 0.6) is 5.75 Å². The maximum absolute atomic E-state index is 11.9. The highest BCUT2D eigenvalue weighted by molar-refractivity contribution is 5.90. The molecule has 1 unspecified atom stereocenters. The molecule has 1 N–H and O–H groups in total. The van der Waals surface area contributed by atoms with E-state index in [1.165, 1.54) is 0 Å². The van der Waals surface area contributed by atoms with Gasteiger partial charge in [0, 0.05) is 0 Å². The molecule has 0 aliphatic carbocycles. The van der Waals surface area contributed by atoms with Gasteiger partial charge in [0.1, 0.15) is 5.75 Å². The summed E-state index contributed by atoms with van der Waals surface area (Å²) in [5.41, 5.74) is 1.73. The van der Waals surface area contributed by atoms with E-state index in [1.54, 1.807) is 7.11 Å². The van der Waals surface area contributed by atoms with Crippen molar-refractivity contribution in [3.05, 3.63) is 77.9 Å². The number of rotatable bonds is 5. The summed E-state index contributed by atoms with van der Waals surface area (Å²) in [6, 6.07) is 21.2. The molecular formula is C20H18O3. The van der Waals surface area contributed by atoms with Crippen molar-refractivity contribution in [2.24, 2.45) is 0 Å². The van der Waals surface area contributed by atoms with Crippen LogP contribution in [-0.4, -0.2) is 18.2 Å². The molecule has 0 saturated carbocycles. The first kappa shape index (κ1) is 15.1. The zero-order chi connectivity index (χ0) is 16.2. The number of carboxylic acids is 1. The molecule has 0 amide bonds. The number of ether oxygens (including phenoxy) is 1. The summed E-state index contributed by atoms with van der Waals surface area (Å²) in [5, 5.41) is 11.8. The Bertz CT molecular complexity index is 834. The van der Waals surface area contributed by atoms with Gasteiger partial charge in [-0.25, -0.2) is 0 Å². The zero-order valence-corrected chi connectivity index (χ0v) is 12.9. The monoisotopic (exact) mass is 306 g/mol. The van der Waals surface area contributed by atoms with E-state index in [0.717, 1.165) is 27.6 Å². The summed E-state index contributed by atoms with van der Waals surface area (Å²) >= 11 is 0. The van der Waals surface area contributed by atoms with E-state index in [1.807, 2.05) is 66.7 Å². The molecule has 3 aromatic carbocycles. The van der Waals surface area contributed by atoms with E-state index in [2.05, 4.69) is 0 Å². The molecule has 0 saturated heterocycles. The highest BCUT2D eigenvalue weighted by Gasteiger charge is 2.23. The van der Waals surface area contributed by atoms with Crippen molar-refractivity contribution in [1.82, 2.24) is 0 Å². The Balaban J connectivity index is 2.07. The SMILES string of the molecule is COc1ccccc1CC(C(=O)O)c1cccc2ccccc12. The zero-order valence-electron chi connectivity index (χ0n) is 12.9. The quantitative estimate of drug-likeness (QED) is 0.766. The van der Waals surface area contributed by atoms with Crippen LogP contribution in [0.15, 0.2) is 66.7 Å². The summed E-state index contributed by atoms with van der Waals surface area (Å²) in [7, 11) is 1.60. The van der Waals surface area contributed by atoms with Crippen LogP contribution in [0.3, 0.4) is 0 Å². The molecule has 0 bridgehead atoms. The highest BCUT2D eigenvalue weighted by Crippen LogP contribution is 2.31. The molecule has 3 nitrogen and oxygen atoms in total. The normalized spacial score (nSPS) is 12.0. The van der Waals surface area contributed by atoms with Gasteiger partial charge in [-0.05, 0) is 34.4 Å². The first-order valence-corrected chi connectivity index (χ1v) is 7.53. The second kappa shape index (κ2) is 6.53. The Kier molecular flexibility index (Phi) is 4.29. The van der Waals surface area contributed by atoms with Crippen LogP contribution in [0.25, 0.3) is 10.8 Å². The number of methoxy groups -OCH3 is 1. The molecule has 0 spiro atoms. The molecule has 3 heteroatoms. The lowest BCUT2D eigenvalue weighted by atomic mass is 9.88. The van der Waals surface area contributed by atoms with Gasteiger partial charge >= 0.3 is 5.97 Å². The van der Waals surface area contributed by atoms with Crippen LogP contribution in [-0.2, 0) is 11.2 Å². The summed E-state index contributed by atoms with van der Waals surface area (Å²) in [4.78, 5) is 11.9. The van der Waals surface area contributed by atoms with Crippen LogP contribution in [0, 0.1) is 0 Å². The van der Waals surface area contributed by atoms with E-state index in [-0.39, 0.29) is 0 Å². The molecule has 0 fully saturated rings. The molecular weight excluding hydrogens is 288 g/mol. The maximum Gasteiger partial charge on any atom is 0.311 e. The van der Waals surface area contributed by atoms with Crippen molar-refractivity contribution in [3.63, 3.8) is 0 Å². The highest BCUT2D eigenvalue weighted by atomic mass is 16.5. The van der Waals surface area contributed by atoms with Crippen LogP contribution < -0.4 is 4.74 Å². The molecule has 3 aromatic rings. The second-order valence-electron chi connectivity index (χ2n) is 5.48. The van der Waals surface area contributed by atoms with E-state index >= 15 is 0 Å². The summed E-state index contributed by atoms with van der Waals surface area (Å²) in [6.07, 6.45) is 0.396. The molecule has 0 aliphatic heterocycles. The molecule has 0 aliphatic rings. The lowest BCUT2D eigenvalue weighted by Gasteiger charge is -2.17. The lowest BCUT2D eigenvalue weighted by Crippen LogP contribution is -2.15. The van der Waals surface area contributed by atoms with Crippen LogP contribution in [0.1, 0.15) is 17.0 Å². The lowest BCUT2D eigenvalue weighted by molar-refractivity contribution is -0.138. The first-order chi connectivity index (χ1) is 11.2. The fourth-order valence-corrected chi connectivity index (χ4v) is 2.98. The van der Waals surface area contributed by atoms with Crippen molar-refractivity contribution in [2.45, 2.75) is 12.3 Å². The number of fused-ring (bicyclic) bond motifs is 1. The minimum absolute atomic E-state index is 0.396. The van der Waals surface area contributed by atoms with E-state index in [4.69, 9.17) is 4.74 Å². The van der Waals surface area contributed by atoms with Gasteiger partial charge < -0.3 is 9.84 Å². The predicted molar refractivity (Wildman–Crippen MR) is 91.0 cm³/mol. The van der Waals surface area contributed by atoms with Gasteiger partial charge in [-0.2, -0.15) is 0 Å². The minimum atomic E-state index is -0.827.